The fraction of sp³-hybridized carbons (Fsp3) is 0.500. The number of rotatable bonds is 7. The Labute approximate surface area is 98.8 Å². The van der Waals surface area contributed by atoms with Gasteiger partial charge in [0.05, 0.1) is 6.61 Å². The highest BCUT2D eigenvalue weighted by Gasteiger charge is 2.27. The highest BCUT2D eigenvalue weighted by atomic mass is 19.4. The summed E-state index contributed by atoms with van der Waals surface area (Å²) in [5.41, 5.74) is 1.20. The molecule has 0 aliphatic rings. The first-order valence-electron chi connectivity index (χ1n) is 5.47. The van der Waals surface area contributed by atoms with E-state index in [0.717, 1.165) is 13.0 Å². The minimum atomic E-state index is -4.23. The van der Waals surface area contributed by atoms with Gasteiger partial charge in [-0.15, -0.1) is 0 Å². The topological polar surface area (TPSA) is 21.3 Å². The Morgan fingerprint density at radius 3 is 2.41 bits per heavy atom. The van der Waals surface area contributed by atoms with Gasteiger partial charge in [-0.05, 0) is 18.5 Å². The summed E-state index contributed by atoms with van der Waals surface area (Å²) in [5.74, 6) is 0. The number of alkyl halides is 3. The van der Waals surface area contributed by atoms with Gasteiger partial charge in [-0.2, -0.15) is 13.2 Å². The van der Waals surface area contributed by atoms with Crippen LogP contribution in [0.15, 0.2) is 30.3 Å². The lowest BCUT2D eigenvalue weighted by Gasteiger charge is -2.08. The van der Waals surface area contributed by atoms with Crippen LogP contribution in [0.4, 0.5) is 13.2 Å². The van der Waals surface area contributed by atoms with Crippen LogP contribution < -0.4 is 5.32 Å². The summed E-state index contributed by atoms with van der Waals surface area (Å²) in [4.78, 5) is 0. The lowest BCUT2D eigenvalue weighted by atomic mass is 10.1. The second kappa shape index (κ2) is 7.29. The Hall–Kier alpha value is -1.07. The molecule has 0 fully saturated rings. The summed E-state index contributed by atoms with van der Waals surface area (Å²) in [6.07, 6.45) is -3.37. The van der Waals surface area contributed by atoms with Crippen molar-refractivity contribution in [2.24, 2.45) is 0 Å². The van der Waals surface area contributed by atoms with E-state index < -0.39 is 12.8 Å². The maximum Gasteiger partial charge on any atom is 0.411 e. The summed E-state index contributed by atoms with van der Waals surface area (Å²) >= 11 is 0. The predicted octanol–water partition coefficient (Wildman–Crippen LogP) is 2.40. The molecule has 0 heterocycles. The van der Waals surface area contributed by atoms with E-state index in [9.17, 15) is 13.2 Å². The van der Waals surface area contributed by atoms with Crippen molar-refractivity contribution >= 4 is 0 Å². The zero-order chi connectivity index (χ0) is 12.6. The number of halogens is 3. The molecule has 0 unspecified atom stereocenters. The zero-order valence-electron chi connectivity index (χ0n) is 9.46. The lowest BCUT2D eigenvalue weighted by Crippen LogP contribution is -2.25. The highest BCUT2D eigenvalue weighted by molar-refractivity contribution is 5.14. The molecule has 0 aliphatic carbocycles. The quantitative estimate of drug-likeness (QED) is 0.747. The molecule has 1 aromatic carbocycles. The number of nitrogens with one attached hydrogen (secondary N) is 1. The van der Waals surface area contributed by atoms with Crippen LogP contribution >= 0.6 is 0 Å². The monoisotopic (exact) mass is 247 g/mol. The Morgan fingerprint density at radius 2 is 1.76 bits per heavy atom. The molecule has 5 heteroatoms. The van der Waals surface area contributed by atoms with Crippen molar-refractivity contribution in [1.82, 2.24) is 5.32 Å². The third-order valence-electron chi connectivity index (χ3n) is 2.12. The maximum absolute atomic E-state index is 11.7. The molecule has 96 valence electrons. The van der Waals surface area contributed by atoms with Gasteiger partial charge < -0.3 is 10.1 Å². The van der Waals surface area contributed by atoms with Crippen LogP contribution in [0, 0.1) is 0 Å². The molecule has 0 aliphatic heterocycles. The van der Waals surface area contributed by atoms with Gasteiger partial charge in [0.25, 0.3) is 0 Å². The maximum atomic E-state index is 11.7. The van der Waals surface area contributed by atoms with E-state index in [1.165, 1.54) is 5.56 Å². The number of hydrogen-bond acceptors (Lipinski definition) is 2. The van der Waals surface area contributed by atoms with E-state index in [1.54, 1.807) is 0 Å². The third-order valence-corrected chi connectivity index (χ3v) is 2.12. The van der Waals surface area contributed by atoms with E-state index >= 15 is 0 Å². The fourth-order valence-corrected chi connectivity index (χ4v) is 1.33. The van der Waals surface area contributed by atoms with Gasteiger partial charge in [-0.1, -0.05) is 30.3 Å². The van der Waals surface area contributed by atoms with Crippen LogP contribution in [0.3, 0.4) is 0 Å². The summed E-state index contributed by atoms with van der Waals surface area (Å²) < 4.78 is 39.6. The summed E-state index contributed by atoms with van der Waals surface area (Å²) in [5, 5.41) is 3.03. The first kappa shape index (κ1) is 14.0. The Morgan fingerprint density at radius 1 is 1.06 bits per heavy atom. The molecule has 0 atom stereocenters. The largest absolute Gasteiger partial charge is 0.411 e. The second-order valence-electron chi connectivity index (χ2n) is 3.65. The molecule has 1 aromatic rings. The van der Waals surface area contributed by atoms with Gasteiger partial charge in [0.2, 0.25) is 0 Å². The van der Waals surface area contributed by atoms with Gasteiger partial charge in [0.1, 0.15) is 6.61 Å². The molecular formula is C12H16F3NO. The van der Waals surface area contributed by atoms with Crippen molar-refractivity contribution < 1.29 is 17.9 Å². The zero-order valence-corrected chi connectivity index (χ0v) is 9.46. The van der Waals surface area contributed by atoms with Crippen LogP contribution in [0.2, 0.25) is 0 Å². The number of benzene rings is 1. The molecule has 0 saturated carbocycles. The van der Waals surface area contributed by atoms with E-state index in [2.05, 4.69) is 10.1 Å². The van der Waals surface area contributed by atoms with Gasteiger partial charge >= 0.3 is 6.18 Å². The SMILES string of the molecule is FC(F)(F)COCCNCCc1ccccc1. The first-order chi connectivity index (χ1) is 8.08. The molecule has 0 amide bonds. The fourth-order valence-electron chi connectivity index (χ4n) is 1.33. The van der Waals surface area contributed by atoms with Crippen LogP contribution in [-0.4, -0.2) is 32.5 Å². The van der Waals surface area contributed by atoms with E-state index in [1.807, 2.05) is 30.3 Å². The van der Waals surface area contributed by atoms with Crippen molar-refractivity contribution in [3.63, 3.8) is 0 Å². The van der Waals surface area contributed by atoms with Crippen molar-refractivity contribution in [3.8, 4) is 0 Å². The summed E-state index contributed by atoms with van der Waals surface area (Å²) in [6.45, 7) is 0.0734. The molecule has 2 nitrogen and oxygen atoms in total. The molecule has 0 spiro atoms. The van der Waals surface area contributed by atoms with Crippen LogP contribution in [-0.2, 0) is 11.2 Å². The molecule has 0 bridgehead atoms. The van der Waals surface area contributed by atoms with Gasteiger partial charge in [-0.3, -0.25) is 0 Å². The Kier molecular flexibility index (Phi) is 6.00. The molecule has 0 radical (unpaired) electrons. The minimum absolute atomic E-state index is 0.0777. The third kappa shape index (κ3) is 7.76. The summed E-state index contributed by atoms with van der Waals surface area (Å²) in [7, 11) is 0. The highest BCUT2D eigenvalue weighted by Crippen LogP contribution is 2.13. The predicted molar refractivity (Wildman–Crippen MR) is 59.9 cm³/mol. The Balaban J connectivity index is 1.95. The lowest BCUT2D eigenvalue weighted by molar-refractivity contribution is -0.173. The molecule has 1 N–H and O–H groups in total. The van der Waals surface area contributed by atoms with E-state index in [0.29, 0.717) is 6.54 Å². The van der Waals surface area contributed by atoms with Gasteiger partial charge in [0, 0.05) is 6.54 Å². The number of ether oxygens (including phenoxy) is 1. The van der Waals surface area contributed by atoms with E-state index in [4.69, 9.17) is 0 Å². The molecule has 0 aromatic heterocycles. The molecule has 17 heavy (non-hydrogen) atoms. The Bertz CT molecular complexity index is 300. The standard InChI is InChI=1S/C12H16F3NO/c13-12(14,15)10-17-9-8-16-7-6-11-4-2-1-3-5-11/h1-5,16H,6-10H2. The first-order valence-corrected chi connectivity index (χ1v) is 5.47. The van der Waals surface area contributed by atoms with Crippen molar-refractivity contribution in [2.45, 2.75) is 12.6 Å². The normalized spacial score (nSPS) is 11.7. The minimum Gasteiger partial charge on any atom is -0.371 e. The second-order valence-corrected chi connectivity index (χ2v) is 3.65. The average molecular weight is 247 g/mol. The van der Waals surface area contributed by atoms with Crippen LogP contribution in [0.25, 0.3) is 0 Å². The van der Waals surface area contributed by atoms with Crippen LogP contribution in [0.5, 0.6) is 0 Å². The van der Waals surface area contributed by atoms with E-state index in [-0.39, 0.29) is 6.61 Å². The van der Waals surface area contributed by atoms with Gasteiger partial charge in [0.15, 0.2) is 0 Å². The molecule has 0 saturated heterocycles. The summed E-state index contributed by atoms with van der Waals surface area (Å²) in [6, 6.07) is 9.90. The van der Waals surface area contributed by atoms with Gasteiger partial charge in [-0.25, -0.2) is 0 Å². The number of hydrogen-bond donors (Lipinski definition) is 1. The molecular weight excluding hydrogens is 231 g/mol. The van der Waals surface area contributed by atoms with Crippen molar-refractivity contribution in [2.75, 3.05) is 26.3 Å². The van der Waals surface area contributed by atoms with Crippen molar-refractivity contribution in [3.05, 3.63) is 35.9 Å². The molecule has 1 rings (SSSR count). The van der Waals surface area contributed by atoms with Crippen molar-refractivity contribution in [1.29, 1.82) is 0 Å². The average Bonchev–Trinajstić information content (AvgIpc) is 2.28. The van der Waals surface area contributed by atoms with Crippen LogP contribution in [0.1, 0.15) is 5.56 Å². The smallest absolute Gasteiger partial charge is 0.371 e.